The Morgan fingerprint density at radius 2 is 1.84 bits per heavy atom. The van der Waals surface area contributed by atoms with Crippen molar-refractivity contribution < 1.29 is 48.0 Å². The van der Waals surface area contributed by atoms with Crippen molar-refractivity contribution in [3.63, 3.8) is 0 Å². The van der Waals surface area contributed by atoms with Gasteiger partial charge in [0.2, 0.25) is 5.78 Å². The summed E-state index contributed by atoms with van der Waals surface area (Å²) in [5, 5.41) is 26.0. The zero-order valence-corrected chi connectivity index (χ0v) is 26.0. The van der Waals surface area contributed by atoms with Crippen LogP contribution in [0.15, 0.2) is 23.8 Å². The average Bonchev–Trinajstić information content (AvgIpc) is 3.11. The maximum absolute atomic E-state index is 17.3. The normalized spacial score (nSPS) is 38.3. The minimum atomic E-state index is -2.07. The fourth-order valence-electron chi connectivity index (χ4n) is 8.30. The van der Waals surface area contributed by atoms with Crippen LogP contribution >= 0.6 is 0 Å². The van der Waals surface area contributed by atoms with Crippen LogP contribution in [0.2, 0.25) is 0 Å². The molecule has 3 saturated carbocycles. The van der Waals surface area contributed by atoms with Crippen LogP contribution in [0.3, 0.4) is 0 Å². The fourth-order valence-corrected chi connectivity index (χ4v) is 8.30. The number of aliphatic hydroxyl groups is 2. The summed E-state index contributed by atoms with van der Waals surface area (Å²) in [7, 11) is 0. The number of hydrogen-bond donors (Lipinski definition) is 3. The number of hydrogen-bond acceptors (Lipinski definition) is 9. The number of rotatable bonds is 8. The number of alkyl halides is 1. The molecule has 240 valence electrons. The predicted octanol–water partition coefficient (Wildman–Crippen LogP) is 4.36. The summed E-state index contributed by atoms with van der Waals surface area (Å²) in [6, 6.07) is 0. The molecule has 1 amide bonds. The highest BCUT2D eigenvalue weighted by Gasteiger charge is 2.75. The van der Waals surface area contributed by atoms with Crippen LogP contribution in [0.5, 0.6) is 0 Å². The van der Waals surface area contributed by atoms with Gasteiger partial charge in [0.25, 0.3) is 0 Å². The van der Waals surface area contributed by atoms with Crippen molar-refractivity contribution in [3.8, 4) is 0 Å². The van der Waals surface area contributed by atoms with Crippen LogP contribution < -0.4 is 5.32 Å². The van der Waals surface area contributed by atoms with Gasteiger partial charge < -0.3 is 29.7 Å². The molecule has 0 aromatic rings. The van der Waals surface area contributed by atoms with E-state index in [0.717, 1.165) is 0 Å². The quantitative estimate of drug-likeness (QED) is 0.270. The number of nitrogens with one attached hydrogen (secondary N) is 1. The van der Waals surface area contributed by atoms with E-state index in [-0.39, 0.29) is 18.8 Å². The summed E-state index contributed by atoms with van der Waals surface area (Å²) in [4.78, 5) is 49.4. The highest BCUT2D eigenvalue weighted by Crippen LogP contribution is 2.70. The number of fused-ring (bicyclic) bond motifs is 5. The van der Waals surface area contributed by atoms with Crippen LogP contribution in [-0.2, 0) is 23.8 Å². The van der Waals surface area contributed by atoms with Crippen LogP contribution in [0.4, 0.5) is 14.0 Å². The zero-order chi connectivity index (χ0) is 32.0. The van der Waals surface area contributed by atoms with Crippen molar-refractivity contribution in [3.05, 3.63) is 23.8 Å². The maximum Gasteiger partial charge on any atom is 0.508 e. The van der Waals surface area contributed by atoms with Gasteiger partial charge in [0.1, 0.15) is 11.2 Å². The number of Topliss-reactive ketones (excluding diaryl/α,β-unsaturated/α-hetero) is 1. The van der Waals surface area contributed by atoms with Gasteiger partial charge in [-0.3, -0.25) is 9.59 Å². The molecule has 0 spiro atoms. The first-order valence-corrected chi connectivity index (χ1v) is 15.2. The Hall–Kier alpha value is -2.79. The lowest BCUT2D eigenvalue weighted by atomic mass is 9.44. The average molecular weight is 608 g/mol. The highest BCUT2D eigenvalue weighted by atomic mass is 19.1. The van der Waals surface area contributed by atoms with Gasteiger partial charge in [0, 0.05) is 23.3 Å². The van der Waals surface area contributed by atoms with E-state index in [2.05, 4.69) is 5.32 Å². The number of ether oxygens (including phenoxy) is 3. The van der Waals surface area contributed by atoms with Gasteiger partial charge in [-0.25, -0.2) is 14.0 Å². The summed E-state index contributed by atoms with van der Waals surface area (Å²) in [5.41, 5.74) is -6.31. The van der Waals surface area contributed by atoms with Crippen molar-refractivity contribution in [2.75, 3.05) is 19.8 Å². The molecule has 4 aliphatic rings. The Morgan fingerprint density at radius 3 is 2.51 bits per heavy atom. The van der Waals surface area contributed by atoms with Gasteiger partial charge in [0.05, 0.1) is 12.7 Å². The lowest BCUT2D eigenvalue weighted by Crippen LogP contribution is -2.69. The van der Waals surface area contributed by atoms with E-state index >= 15 is 4.39 Å². The van der Waals surface area contributed by atoms with Gasteiger partial charge >= 0.3 is 12.2 Å². The third kappa shape index (κ3) is 5.63. The van der Waals surface area contributed by atoms with Crippen LogP contribution in [-0.4, -0.2) is 76.8 Å². The summed E-state index contributed by atoms with van der Waals surface area (Å²) < 4.78 is 32.5. The zero-order valence-electron chi connectivity index (χ0n) is 26.0. The fraction of sp³-hybridized carbons (Fsp3) is 0.750. The van der Waals surface area contributed by atoms with Gasteiger partial charge in [-0.15, -0.1) is 0 Å². The third-order valence-electron chi connectivity index (χ3n) is 10.4. The molecule has 4 rings (SSSR count). The first kappa shape index (κ1) is 33.1. The number of ketones is 2. The number of unbranched alkanes of at least 4 members (excludes halogenated alkanes) is 1. The molecule has 0 aromatic heterocycles. The number of halogens is 1. The third-order valence-corrected chi connectivity index (χ3v) is 10.4. The van der Waals surface area contributed by atoms with Crippen LogP contribution in [0.1, 0.15) is 80.1 Å². The molecule has 8 atom stereocenters. The van der Waals surface area contributed by atoms with E-state index in [1.54, 1.807) is 47.6 Å². The Balaban J connectivity index is 1.34. The van der Waals surface area contributed by atoms with Gasteiger partial charge in [-0.05, 0) is 90.2 Å². The first-order chi connectivity index (χ1) is 19.9. The molecular weight excluding hydrogens is 561 g/mol. The Bertz CT molecular complexity index is 1210. The van der Waals surface area contributed by atoms with E-state index in [9.17, 15) is 29.4 Å². The topological polar surface area (TPSA) is 148 Å². The monoisotopic (exact) mass is 607 g/mol. The summed E-state index contributed by atoms with van der Waals surface area (Å²) in [6.45, 7) is 10.1. The van der Waals surface area contributed by atoms with Crippen LogP contribution in [0.25, 0.3) is 0 Å². The van der Waals surface area contributed by atoms with E-state index in [0.29, 0.717) is 44.2 Å². The van der Waals surface area contributed by atoms with Gasteiger partial charge in [0.15, 0.2) is 18.1 Å². The summed E-state index contributed by atoms with van der Waals surface area (Å²) in [5.74, 6) is -2.56. The molecule has 0 radical (unpaired) electrons. The molecule has 0 aromatic carbocycles. The molecule has 3 fully saturated rings. The molecular formula is C32H46FNO9. The number of carbonyl (C=O) groups excluding carboxylic acids is 4. The number of amides is 1. The molecule has 10 nitrogen and oxygen atoms in total. The molecule has 0 heterocycles. The van der Waals surface area contributed by atoms with Gasteiger partial charge in [-0.1, -0.05) is 25.5 Å². The molecule has 0 bridgehead atoms. The van der Waals surface area contributed by atoms with Crippen molar-refractivity contribution in [2.24, 2.45) is 28.6 Å². The number of aliphatic hydroxyl groups excluding tert-OH is 1. The van der Waals surface area contributed by atoms with E-state index < -0.39 is 76.2 Å². The lowest BCUT2D eigenvalue weighted by molar-refractivity contribution is -0.219. The first-order valence-electron chi connectivity index (χ1n) is 15.2. The predicted molar refractivity (Wildman–Crippen MR) is 154 cm³/mol. The Labute approximate surface area is 252 Å². The summed E-state index contributed by atoms with van der Waals surface area (Å²) in [6.07, 6.45) is 3.30. The standard InChI is InChI=1S/C32H46FNO9/c1-19-15-23-22-10-9-20-16-21(35)11-12-29(20,5)31(22,33)24(36)17-30(23,6)32(19,40)25(37)18-42-27(39)41-14-8-7-13-34-26(38)43-28(2,3)4/h11-12,16,19,22-24,36,40H,7-10,13-15,17-18H2,1-6H3,(H,34,38)/t19-,22+,23+,24+,29+,30+,31+,32+/m1/s1. The largest absolute Gasteiger partial charge is 0.508 e. The SMILES string of the molecule is C[C@@H]1C[C@H]2[C@@H]3CCC4=CC(=O)C=C[C@]4(C)[C@@]3(F)[C@@H](O)C[C@]2(C)[C@@]1(O)C(=O)COC(=O)OCCCCNC(=O)OC(C)(C)C. The second kappa shape index (κ2) is 11.6. The molecule has 0 saturated heterocycles. The second-order valence-electron chi connectivity index (χ2n) is 14.1. The molecule has 3 N–H and O–H groups in total. The van der Waals surface area contributed by atoms with Crippen molar-refractivity contribution >= 4 is 23.8 Å². The highest BCUT2D eigenvalue weighted by molar-refractivity contribution is 6.01. The van der Waals surface area contributed by atoms with Crippen molar-refractivity contribution in [1.82, 2.24) is 5.32 Å². The molecule has 0 unspecified atom stereocenters. The van der Waals surface area contributed by atoms with E-state index in [1.165, 1.54) is 12.2 Å². The van der Waals surface area contributed by atoms with Crippen molar-refractivity contribution in [1.29, 1.82) is 0 Å². The number of alkyl carbamates (subject to hydrolysis) is 1. The molecule has 4 aliphatic carbocycles. The Morgan fingerprint density at radius 1 is 1.14 bits per heavy atom. The summed E-state index contributed by atoms with van der Waals surface area (Å²) >= 11 is 0. The number of allylic oxidation sites excluding steroid dienone is 4. The minimum Gasteiger partial charge on any atom is -0.444 e. The minimum absolute atomic E-state index is 0.00514. The van der Waals surface area contributed by atoms with Gasteiger partial charge in [-0.2, -0.15) is 0 Å². The van der Waals surface area contributed by atoms with Crippen molar-refractivity contribution in [2.45, 2.75) is 103 Å². The smallest absolute Gasteiger partial charge is 0.444 e. The Kier molecular flexibility index (Phi) is 8.94. The molecule has 43 heavy (non-hydrogen) atoms. The lowest BCUT2D eigenvalue weighted by Gasteiger charge is -2.62. The molecule has 0 aliphatic heterocycles. The molecule has 11 heteroatoms. The van der Waals surface area contributed by atoms with Crippen LogP contribution in [0, 0.1) is 28.6 Å². The van der Waals surface area contributed by atoms with E-state index in [4.69, 9.17) is 14.2 Å². The maximum atomic E-state index is 17.3. The second-order valence-corrected chi connectivity index (χ2v) is 14.1. The van der Waals surface area contributed by atoms with E-state index in [1.807, 2.05) is 0 Å². The number of carbonyl (C=O) groups is 4.